The van der Waals surface area contributed by atoms with Gasteiger partial charge in [0.25, 0.3) is 0 Å². The maximum atomic E-state index is 11.2. The van der Waals surface area contributed by atoms with E-state index in [0.717, 1.165) is 29.1 Å². The fourth-order valence-corrected chi connectivity index (χ4v) is 3.95. The van der Waals surface area contributed by atoms with E-state index in [2.05, 4.69) is 25.2 Å². The average molecular weight is 363 g/mol. The van der Waals surface area contributed by atoms with Crippen molar-refractivity contribution >= 4 is 29.5 Å². The number of nitrogens with one attached hydrogen (secondary N) is 1. The molecule has 1 aliphatic rings. The Balaban J connectivity index is 0.00000151. The van der Waals surface area contributed by atoms with E-state index in [1.807, 2.05) is 12.9 Å². The van der Waals surface area contributed by atoms with E-state index in [-0.39, 0.29) is 0 Å². The lowest BCUT2D eigenvalue weighted by molar-refractivity contribution is -0.0979. The molecular formula is C18H25N3O3S. The van der Waals surface area contributed by atoms with E-state index in [1.54, 1.807) is 13.2 Å². The molecule has 7 heteroatoms. The number of ether oxygens (including phenoxy) is 1. The number of thioether (sulfide) groups is 1. The van der Waals surface area contributed by atoms with Gasteiger partial charge in [-0.2, -0.15) is 0 Å². The van der Waals surface area contributed by atoms with Gasteiger partial charge in [0.1, 0.15) is 12.5 Å². The Bertz CT molecular complexity index is 699. The quantitative estimate of drug-likeness (QED) is 0.745. The second-order valence-electron chi connectivity index (χ2n) is 5.43. The number of rotatable bonds is 5. The number of primary amides is 1. The van der Waals surface area contributed by atoms with E-state index in [9.17, 15) is 4.79 Å². The van der Waals surface area contributed by atoms with Crippen molar-refractivity contribution in [3.8, 4) is 5.75 Å². The van der Waals surface area contributed by atoms with Crippen LogP contribution in [-0.4, -0.2) is 26.5 Å². The summed E-state index contributed by atoms with van der Waals surface area (Å²) in [4.78, 5) is 20.3. The van der Waals surface area contributed by atoms with E-state index >= 15 is 0 Å². The number of urea groups is 1. The third kappa shape index (κ3) is 5.11. The summed E-state index contributed by atoms with van der Waals surface area (Å²) in [5.41, 5.74) is 15.7. The molecule has 25 heavy (non-hydrogen) atoms. The largest absolute Gasteiger partial charge is 0.496 e. The van der Waals surface area contributed by atoms with Crippen LogP contribution in [0.15, 0.2) is 28.8 Å². The molecule has 1 aliphatic carbocycles. The van der Waals surface area contributed by atoms with Gasteiger partial charge in [0.15, 0.2) is 0 Å². The molecule has 0 aromatic heterocycles. The maximum Gasteiger partial charge on any atom is 0.317 e. The van der Waals surface area contributed by atoms with Gasteiger partial charge in [-0.25, -0.2) is 4.79 Å². The molecule has 0 saturated carbocycles. The SMILES string of the molecule is C=O.COc1ccc2c(c1C)C(S/C(=C/CN)NC(N)=O)=C(C)CC2. The first-order chi connectivity index (χ1) is 12.0. The Hall–Kier alpha value is -2.25. The number of hydrogen-bond acceptors (Lipinski definition) is 5. The second-order valence-corrected chi connectivity index (χ2v) is 6.48. The van der Waals surface area contributed by atoms with Crippen molar-refractivity contribution in [3.63, 3.8) is 0 Å². The Morgan fingerprint density at radius 2 is 2.04 bits per heavy atom. The number of benzene rings is 1. The minimum atomic E-state index is -0.589. The third-order valence-electron chi connectivity index (χ3n) is 3.87. The minimum absolute atomic E-state index is 0.332. The third-order valence-corrected chi connectivity index (χ3v) is 5.11. The summed E-state index contributed by atoms with van der Waals surface area (Å²) >= 11 is 1.50. The molecule has 0 aliphatic heterocycles. The van der Waals surface area contributed by atoms with Crippen molar-refractivity contribution in [3.05, 3.63) is 45.5 Å². The van der Waals surface area contributed by atoms with Crippen molar-refractivity contribution in [1.29, 1.82) is 0 Å². The molecule has 0 radical (unpaired) electrons. The summed E-state index contributed by atoms with van der Waals surface area (Å²) in [7, 11) is 1.68. The Morgan fingerprint density at radius 1 is 1.36 bits per heavy atom. The van der Waals surface area contributed by atoms with E-state index in [0.29, 0.717) is 11.6 Å². The predicted molar refractivity (Wildman–Crippen MR) is 103 cm³/mol. The highest BCUT2D eigenvalue weighted by Gasteiger charge is 2.22. The zero-order chi connectivity index (χ0) is 19.0. The molecule has 0 bridgehead atoms. The fourth-order valence-electron chi connectivity index (χ4n) is 2.74. The molecule has 0 spiro atoms. The highest BCUT2D eigenvalue weighted by Crippen LogP contribution is 2.44. The number of carbonyl (C=O) groups excluding carboxylic acids is 2. The number of carbonyl (C=O) groups is 2. The van der Waals surface area contributed by atoms with Crippen LogP contribution in [0.3, 0.4) is 0 Å². The van der Waals surface area contributed by atoms with Crippen molar-refractivity contribution in [2.75, 3.05) is 13.7 Å². The molecular weight excluding hydrogens is 338 g/mol. The van der Waals surface area contributed by atoms with Crippen LogP contribution in [0.4, 0.5) is 4.79 Å². The van der Waals surface area contributed by atoms with Crippen LogP contribution in [0.5, 0.6) is 5.75 Å². The standard InChI is InChI=1S/C17H23N3O2S.CH2O/c1-10-4-5-12-6-7-13(22-3)11(2)15(12)16(10)23-14(8-9-18)20-17(19)21;1-2/h6-8H,4-5,9,18H2,1-3H3,(H3,19,20,21);1H2/b14-8+;. The summed E-state index contributed by atoms with van der Waals surface area (Å²) in [5, 5.41) is 3.30. The topological polar surface area (TPSA) is 107 Å². The number of aryl methyl sites for hydroxylation is 1. The number of allylic oxidation sites excluding steroid dienone is 1. The lowest BCUT2D eigenvalue weighted by atomic mass is 9.89. The number of hydrogen-bond donors (Lipinski definition) is 3. The molecule has 0 unspecified atom stereocenters. The van der Waals surface area contributed by atoms with Gasteiger partial charge in [0, 0.05) is 11.4 Å². The first-order valence-corrected chi connectivity index (χ1v) is 8.59. The summed E-state index contributed by atoms with van der Waals surface area (Å²) in [6, 6.07) is 3.53. The van der Waals surface area contributed by atoms with Gasteiger partial charge in [-0.1, -0.05) is 23.4 Å². The van der Waals surface area contributed by atoms with Gasteiger partial charge in [-0.3, -0.25) is 0 Å². The lowest BCUT2D eigenvalue weighted by Gasteiger charge is -2.25. The van der Waals surface area contributed by atoms with Crippen molar-refractivity contribution in [2.24, 2.45) is 11.5 Å². The van der Waals surface area contributed by atoms with Gasteiger partial charge in [0.05, 0.1) is 12.1 Å². The molecule has 0 heterocycles. The van der Waals surface area contributed by atoms with E-state index < -0.39 is 6.03 Å². The second kappa shape index (κ2) is 9.90. The Kier molecular flexibility index (Phi) is 8.24. The van der Waals surface area contributed by atoms with Crippen LogP contribution >= 0.6 is 11.8 Å². The molecule has 2 rings (SSSR count). The van der Waals surface area contributed by atoms with Gasteiger partial charge >= 0.3 is 6.03 Å². The van der Waals surface area contributed by atoms with Gasteiger partial charge in [-0.05, 0) is 55.5 Å². The first-order valence-electron chi connectivity index (χ1n) is 7.78. The fraction of sp³-hybridized carbons (Fsp3) is 0.333. The molecule has 6 nitrogen and oxygen atoms in total. The Labute approximate surface area is 152 Å². The zero-order valence-corrected chi connectivity index (χ0v) is 15.7. The monoisotopic (exact) mass is 363 g/mol. The number of fused-ring (bicyclic) bond motifs is 1. The van der Waals surface area contributed by atoms with Crippen LogP contribution < -0.4 is 21.5 Å². The van der Waals surface area contributed by atoms with E-state index in [1.165, 1.54) is 28.5 Å². The lowest BCUT2D eigenvalue weighted by Crippen LogP contribution is -2.28. The van der Waals surface area contributed by atoms with Gasteiger partial charge in [-0.15, -0.1) is 0 Å². The molecule has 5 N–H and O–H groups in total. The van der Waals surface area contributed by atoms with Crippen LogP contribution in [0.1, 0.15) is 30.0 Å². The molecule has 0 saturated heterocycles. The van der Waals surface area contributed by atoms with Crippen LogP contribution in [0.2, 0.25) is 0 Å². The number of amides is 2. The van der Waals surface area contributed by atoms with Crippen LogP contribution in [-0.2, 0) is 11.2 Å². The van der Waals surface area contributed by atoms with Crippen molar-refractivity contribution in [1.82, 2.24) is 5.32 Å². The zero-order valence-electron chi connectivity index (χ0n) is 14.8. The average Bonchev–Trinajstić information content (AvgIpc) is 2.59. The molecule has 136 valence electrons. The Morgan fingerprint density at radius 3 is 2.60 bits per heavy atom. The molecule has 1 aromatic carbocycles. The van der Waals surface area contributed by atoms with E-state index in [4.69, 9.17) is 21.0 Å². The highest BCUT2D eigenvalue weighted by molar-refractivity contribution is 8.11. The minimum Gasteiger partial charge on any atom is -0.496 e. The van der Waals surface area contributed by atoms with Gasteiger partial charge in [0.2, 0.25) is 0 Å². The maximum absolute atomic E-state index is 11.2. The molecule has 0 atom stereocenters. The van der Waals surface area contributed by atoms with Crippen molar-refractivity contribution < 1.29 is 14.3 Å². The van der Waals surface area contributed by atoms with Crippen molar-refractivity contribution in [2.45, 2.75) is 26.7 Å². The predicted octanol–water partition coefficient (Wildman–Crippen LogP) is 2.70. The summed E-state index contributed by atoms with van der Waals surface area (Å²) in [5.74, 6) is 0.865. The van der Waals surface area contributed by atoms with Crippen LogP contribution in [0, 0.1) is 6.92 Å². The summed E-state index contributed by atoms with van der Waals surface area (Å²) in [6.07, 6.45) is 3.77. The summed E-state index contributed by atoms with van der Waals surface area (Å²) in [6.45, 7) is 6.51. The van der Waals surface area contributed by atoms with Gasteiger partial charge < -0.3 is 26.3 Å². The highest BCUT2D eigenvalue weighted by atomic mass is 32.2. The number of nitrogens with two attached hydrogens (primary N) is 2. The molecule has 0 fully saturated rings. The number of methoxy groups -OCH3 is 1. The summed E-state index contributed by atoms with van der Waals surface area (Å²) < 4.78 is 5.46. The normalized spacial score (nSPS) is 13.5. The first kappa shape index (κ1) is 20.8. The molecule has 1 aromatic rings. The van der Waals surface area contributed by atoms with Crippen LogP contribution in [0.25, 0.3) is 4.91 Å². The molecule has 2 amide bonds. The smallest absolute Gasteiger partial charge is 0.317 e.